The summed E-state index contributed by atoms with van der Waals surface area (Å²) in [5, 5.41) is 3.15. The van der Waals surface area contributed by atoms with E-state index < -0.39 is 0 Å². The normalized spacial score (nSPS) is 14.6. The van der Waals surface area contributed by atoms with Crippen LogP contribution >= 0.6 is 0 Å². The highest BCUT2D eigenvalue weighted by molar-refractivity contribution is 5.75. The van der Waals surface area contributed by atoms with Crippen molar-refractivity contribution in [3.8, 4) is 0 Å². The number of aromatic nitrogens is 2. The molecule has 0 aromatic carbocycles. The molecule has 0 saturated heterocycles. The number of rotatable bonds is 5. The third kappa shape index (κ3) is 3.06. The van der Waals surface area contributed by atoms with Crippen molar-refractivity contribution in [1.82, 2.24) is 15.3 Å². The number of aromatic amines is 1. The molecule has 0 saturated carbocycles. The summed E-state index contributed by atoms with van der Waals surface area (Å²) in [6.07, 6.45) is 4.32. The first-order chi connectivity index (χ1) is 7.19. The number of nitrogens with zero attached hydrogens (tertiary/aromatic N) is 1. The van der Waals surface area contributed by atoms with Crippen molar-refractivity contribution in [3.05, 3.63) is 18.2 Å². The van der Waals surface area contributed by atoms with Gasteiger partial charge < -0.3 is 9.72 Å². The summed E-state index contributed by atoms with van der Waals surface area (Å²) in [5.74, 6) is 0.577. The topological polar surface area (TPSA) is 67.0 Å². The van der Waals surface area contributed by atoms with Gasteiger partial charge in [0.2, 0.25) is 0 Å². The molecule has 5 heteroatoms. The van der Waals surface area contributed by atoms with Gasteiger partial charge >= 0.3 is 5.97 Å². The van der Waals surface area contributed by atoms with Crippen LogP contribution in [0.1, 0.15) is 32.1 Å². The van der Waals surface area contributed by atoms with Crippen LogP contribution in [0.15, 0.2) is 12.4 Å². The Morgan fingerprint density at radius 1 is 1.73 bits per heavy atom. The molecule has 2 unspecified atom stereocenters. The number of carbonyl (C=O) groups excluding carboxylic acids is 1. The summed E-state index contributed by atoms with van der Waals surface area (Å²) in [5.41, 5.74) is 0. The van der Waals surface area contributed by atoms with E-state index >= 15 is 0 Å². The van der Waals surface area contributed by atoms with Crippen molar-refractivity contribution < 1.29 is 9.53 Å². The van der Waals surface area contributed by atoms with Crippen molar-refractivity contribution >= 4 is 5.97 Å². The molecule has 0 aliphatic rings. The van der Waals surface area contributed by atoms with E-state index in [0.29, 0.717) is 0 Å². The van der Waals surface area contributed by atoms with Crippen molar-refractivity contribution in [1.29, 1.82) is 0 Å². The highest BCUT2D eigenvalue weighted by atomic mass is 16.5. The summed E-state index contributed by atoms with van der Waals surface area (Å²) in [7, 11) is 1.38. The Balaban J connectivity index is 2.58. The van der Waals surface area contributed by atoms with E-state index in [0.717, 1.165) is 12.2 Å². The standard InChI is InChI=1S/C10H17N3O2/c1-4-8(9-11-5-6-12-9)13-7(2)10(14)15-3/h5-8,13H,4H2,1-3H3,(H,11,12). The maximum atomic E-state index is 11.2. The number of esters is 1. The number of H-pyrrole nitrogens is 1. The van der Waals surface area contributed by atoms with Crippen molar-refractivity contribution in [3.63, 3.8) is 0 Å². The molecule has 1 aromatic rings. The second kappa shape index (κ2) is 5.50. The second-order valence-electron chi connectivity index (χ2n) is 3.35. The van der Waals surface area contributed by atoms with Gasteiger partial charge in [-0.15, -0.1) is 0 Å². The highest BCUT2D eigenvalue weighted by Crippen LogP contribution is 2.12. The van der Waals surface area contributed by atoms with E-state index in [4.69, 9.17) is 0 Å². The van der Waals surface area contributed by atoms with Crippen LogP contribution in [0, 0.1) is 0 Å². The molecule has 0 bridgehead atoms. The highest BCUT2D eigenvalue weighted by Gasteiger charge is 2.19. The maximum Gasteiger partial charge on any atom is 0.322 e. The van der Waals surface area contributed by atoms with Gasteiger partial charge in [-0.05, 0) is 13.3 Å². The van der Waals surface area contributed by atoms with E-state index in [9.17, 15) is 4.79 Å². The maximum absolute atomic E-state index is 11.2. The van der Waals surface area contributed by atoms with Crippen LogP contribution in [0.2, 0.25) is 0 Å². The number of carbonyl (C=O) groups is 1. The molecular weight excluding hydrogens is 194 g/mol. The first-order valence-electron chi connectivity index (χ1n) is 5.02. The van der Waals surface area contributed by atoms with E-state index in [1.807, 2.05) is 6.92 Å². The van der Waals surface area contributed by atoms with Crippen LogP contribution in [-0.4, -0.2) is 29.1 Å². The summed E-state index contributed by atoms with van der Waals surface area (Å²) in [6, 6.07) is -0.279. The molecule has 0 aliphatic heterocycles. The molecule has 0 aliphatic carbocycles. The number of imidazole rings is 1. The molecule has 1 rings (SSSR count). The van der Waals surface area contributed by atoms with Crippen molar-refractivity contribution in [2.75, 3.05) is 7.11 Å². The van der Waals surface area contributed by atoms with Gasteiger partial charge in [0.05, 0.1) is 13.2 Å². The third-order valence-electron chi connectivity index (χ3n) is 2.26. The number of ether oxygens (including phenoxy) is 1. The fourth-order valence-corrected chi connectivity index (χ4v) is 1.40. The van der Waals surface area contributed by atoms with E-state index in [1.165, 1.54) is 7.11 Å². The van der Waals surface area contributed by atoms with Gasteiger partial charge in [0.1, 0.15) is 11.9 Å². The predicted molar refractivity (Wildman–Crippen MR) is 56.2 cm³/mol. The molecule has 0 amide bonds. The van der Waals surface area contributed by atoms with Crippen LogP contribution in [0.4, 0.5) is 0 Å². The quantitative estimate of drug-likeness (QED) is 0.713. The zero-order valence-corrected chi connectivity index (χ0v) is 9.28. The number of nitrogens with one attached hydrogen (secondary N) is 2. The lowest BCUT2D eigenvalue weighted by molar-refractivity contribution is -0.142. The minimum absolute atomic E-state index is 0.0501. The molecule has 0 spiro atoms. The zero-order valence-electron chi connectivity index (χ0n) is 9.28. The Morgan fingerprint density at radius 2 is 2.47 bits per heavy atom. The molecule has 0 radical (unpaired) electrons. The lowest BCUT2D eigenvalue weighted by atomic mass is 10.2. The summed E-state index contributed by atoms with van der Waals surface area (Å²) in [6.45, 7) is 3.81. The van der Waals surface area contributed by atoms with Crippen LogP contribution in [0.25, 0.3) is 0 Å². The minimum atomic E-state index is -0.329. The Labute approximate surface area is 89.2 Å². The zero-order chi connectivity index (χ0) is 11.3. The number of hydrogen-bond donors (Lipinski definition) is 2. The van der Waals surface area contributed by atoms with Crippen LogP contribution in [0.5, 0.6) is 0 Å². The summed E-state index contributed by atoms with van der Waals surface area (Å²) < 4.78 is 4.64. The minimum Gasteiger partial charge on any atom is -0.468 e. The molecule has 5 nitrogen and oxygen atoms in total. The lowest BCUT2D eigenvalue weighted by Gasteiger charge is -2.18. The molecule has 0 fully saturated rings. The van der Waals surface area contributed by atoms with Gasteiger partial charge in [0, 0.05) is 12.4 Å². The first kappa shape index (κ1) is 11.7. The molecule has 1 heterocycles. The van der Waals surface area contributed by atoms with Crippen LogP contribution in [0.3, 0.4) is 0 Å². The number of methoxy groups -OCH3 is 1. The van der Waals surface area contributed by atoms with Crippen LogP contribution in [-0.2, 0) is 9.53 Å². The third-order valence-corrected chi connectivity index (χ3v) is 2.26. The van der Waals surface area contributed by atoms with Gasteiger partial charge in [-0.2, -0.15) is 0 Å². The smallest absolute Gasteiger partial charge is 0.322 e. The van der Waals surface area contributed by atoms with Gasteiger partial charge in [-0.1, -0.05) is 6.92 Å². The van der Waals surface area contributed by atoms with Gasteiger partial charge in [0.15, 0.2) is 0 Å². The monoisotopic (exact) mass is 211 g/mol. The first-order valence-corrected chi connectivity index (χ1v) is 5.02. The Kier molecular flexibility index (Phi) is 4.30. The average Bonchev–Trinajstić information content (AvgIpc) is 2.77. The summed E-state index contributed by atoms with van der Waals surface area (Å²) >= 11 is 0. The van der Waals surface area contributed by atoms with Gasteiger partial charge in [-0.25, -0.2) is 4.98 Å². The Bertz CT molecular complexity index is 298. The molecule has 2 N–H and O–H groups in total. The fourth-order valence-electron chi connectivity index (χ4n) is 1.40. The predicted octanol–water partition coefficient (Wildman–Crippen LogP) is 1.01. The molecule has 2 atom stereocenters. The van der Waals surface area contributed by atoms with Gasteiger partial charge in [-0.3, -0.25) is 10.1 Å². The van der Waals surface area contributed by atoms with Gasteiger partial charge in [0.25, 0.3) is 0 Å². The Morgan fingerprint density at radius 3 is 2.93 bits per heavy atom. The van der Waals surface area contributed by atoms with E-state index in [1.54, 1.807) is 19.3 Å². The molecule has 1 aromatic heterocycles. The largest absolute Gasteiger partial charge is 0.468 e. The lowest BCUT2D eigenvalue weighted by Crippen LogP contribution is -2.37. The average molecular weight is 211 g/mol. The second-order valence-corrected chi connectivity index (χ2v) is 3.35. The fraction of sp³-hybridized carbons (Fsp3) is 0.600. The molecule has 15 heavy (non-hydrogen) atoms. The Hall–Kier alpha value is -1.36. The molecule has 84 valence electrons. The van der Waals surface area contributed by atoms with E-state index in [2.05, 4.69) is 20.0 Å². The number of hydrogen-bond acceptors (Lipinski definition) is 4. The summed E-state index contributed by atoms with van der Waals surface area (Å²) in [4.78, 5) is 18.4. The van der Waals surface area contributed by atoms with E-state index in [-0.39, 0.29) is 18.1 Å². The molecular formula is C10H17N3O2. The van der Waals surface area contributed by atoms with Crippen molar-refractivity contribution in [2.45, 2.75) is 32.4 Å². The SMILES string of the molecule is CCC(NC(C)C(=O)OC)c1ncc[nH]1. The van der Waals surface area contributed by atoms with Crippen LogP contribution < -0.4 is 5.32 Å². The van der Waals surface area contributed by atoms with Crippen molar-refractivity contribution in [2.24, 2.45) is 0 Å².